The number of piperidine rings is 1. The molecule has 2 aliphatic heterocycles. The number of methoxy groups -OCH3 is 1. The van der Waals surface area contributed by atoms with E-state index in [1.54, 1.807) is 7.11 Å². The Bertz CT molecular complexity index is 546. The average molecular weight is 290 g/mol. The number of ether oxygens (including phenoxy) is 1. The third-order valence-corrected chi connectivity index (χ3v) is 4.69. The van der Waals surface area contributed by atoms with Crippen LogP contribution in [0.1, 0.15) is 24.4 Å². The van der Waals surface area contributed by atoms with Crippen LogP contribution in [0.2, 0.25) is 0 Å². The van der Waals surface area contributed by atoms with Crippen molar-refractivity contribution in [1.29, 1.82) is 0 Å². The number of carbonyl (C=O) groups is 1. The van der Waals surface area contributed by atoms with Crippen LogP contribution in [0.25, 0.3) is 0 Å². The summed E-state index contributed by atoms with van der Waals surface area (Å²) < 4.78 is 5.34. The van der Waals surface area contributed by atoms with Gasteiger partial charge in [0.2, 0.25) is 0 Å². The number of benzene rings is 1. The molecule has 2 atom stereocenters. The van der Waals surface area contributed by atoms with Gasteiger partial charge in [-0.25, -0.2) is 0 Å². The van der Waals surface area contributed by atoms with Crippen LogP contribution < -0.4 is 9.64 Å². The highest BCUT2D eigenvalue weighted by molar-refractivity contribution is 5.70. The van der Waals surface area contributed by atoms with Gasteiger partial charge in [-0.1, -0.05) is 0 Å². The summed E-state index contributed by atoms with van der Waals surface area (Å²) >= 11 is 0. The average Bonchev–Trinajstić information content (AvgIpc) is 2.84. The first kappa shape index (κ1) is 14.2. The maximum absolute atomic E-state index is 11.3. The number of likely N-dealkylation sites (tertiary alicyclic amines) is 1. The van der Waals surface area contributed by atoms with Crippen molar-refractivity contribution in [3.63, 3.8) is 0 Å². The maximum atomic E-state index is 11.3. The zero-order valence-electron chi connectivity index (χ0n) is 12.6. The van der Waals surface area contributed by atoms with Gasteiger partial charge < -0.3 is 14.7 Å². The molecule has 1 saturated heterocycles. The number of carboxylic acid groups (broad SMARTS) is 1. The number of nitrogens with zero attached hydrogens (tertiary/aromatic N) is 2. The fourth-order valence-electron chi connectivity index (χ4n) is 3.53. The summed E-state index contributed by atoms with van der Waals surface area (Å²) in [5.74, 6) is -0.0449. The van der Waals surface area contributed by atoms with Gasteiger partial charge in [-0.2, -0.15) is 0 Å². The Morgan fingerprint density at radius 2 is 2.19 bits per heavy atom. The Balaban J connectivity index is 1.86. The summed E-state index contributed by atoms with van der Waals surface area (Å²) in [7, 11) is 3.76. The molecule has 0 spiro atoms. The van der Waals surface area contributed by atoms with E-state index in [0.29, 0.717) is 6.54 Å². The van der Waals surface area contributed by atoms with Crippen LogP contribution in [0, 0.1) is 5.92 Å². The lowest BCUT2D eigenvalue weighted by molar-refractivity contribution is -0.143. The molecule has 1 N–H and O–H groups in total. The standard InChI is InChI=1S/C16H22N2O3/c1-17-10-15(13-8-12(21-2)5-6-14(13)17)18-7-3-4-11(9-18)16(19)20/h5-6,8,11,15H,3-4,7,9-10H2,1-2H3,(H,19,20). The number of fused-ring (bicyclic) bond motifs is 1. The minimum atomic E-state index is -0.670. The second-order valence-electron chi connectivity index (χ2n) is 5.99. The van der Waals surface area contributed by atoms with E-state index in [4.69, 9.17) is 4.74 Å². The summed E-state index contributed by atoms with van der Waals surface area (Å²) in [5, 5.41) is 9.27. The number of hydrogen-bond acceptors (Lipinski definition) is 4. The predicted octanol–water partition coefficient (Wildman–Crippen LogP) is 1.98. The Labute approximate surface area is 125 Å². The lowest BCUT2D eigenvalue weighted by Crippen LogP contribution is -2.42. The molecule has 0 aromatic heterocycles. The van der Waals surface area contributed by atoms with E-state index in [9.17, 15) is 9.90 Å². The molecule has 0 amide bonds. The second-order valence-corrected chi connectivity index (χ2v) is 5.99. The highest BCUT2D eigenvalue weighted by atomic mass is 16.5. The number of aliphatic carboxylic acids is 1. The quantitative estimate of drug-likeness (QED) is 0.922. The molecule has 1 fully saturated rings. The van der Waals surface area contributed by atoms with E-state index in [-0.39, 0.29) is 12.0 Å². The van der Waals surface area contributed by atoms with E-state index in [0.717, 1.165) is 31.7 Å². The predicted molar refractivity (Wildman–Crippen MR) is 80.9 cm³/mol. The molecule has 2 unspecified atom stereocenters. The molecule has 0 bridgehead atoms. The Kier molecular flexibility index (Phi) is 3.76. The fraction of sp³-hybridized carbons (Fsp3) is 0.562. The van der Waals surface area contributed by atoms with Gasteiger partial charge >= 0.3 is 5.97 Å². The lowest BCUT2D eigenvalue weighted by Gasteiger charge is -2.35. The summed E-state index contributed by atoms with van der Waals surface area (Å²) in [6.07, 6.45) is 1.75. The Morgan fingerprint density at radius 3 is 2.90 bits per heavy atom. The maximum Gasteiger partial charge on any atom is 0.307 e. The van der Waals surface area contributed by atoms with Crippen molar-refractivity contribution in [3.05, 3.63) is 23.8 Å². The zero-order valence-corrected chi connectivity index (χ0v) is 12.6. The van der Waals surface area contributed by atoms with Crippen molar-refractivity contribution < 1.29 is 14.6 Å². The lowest BCUT2D eigenvalue weighted by atomic mass is 9.95. The van der Waals surface area contributed by atoms with E-state index in [1.165, 1.54) is 11.3 Å². The minimum absolute atomic E-state index is 0.237. The van der Waals surface area contributed by atoms with E-state index in [1.807, 2.05) is 6.07 Å². The van der Waals surface area contributed by atoms with Crippen molar-refractivity contribution in [2.45, 2.75) is 18.9 Å². The van der Waals surface area contributed by atoms with Gasteiger partial charge in [0.1, 0.15) is 5.75 Å². The SMILES string of the molecule is COc1ccc2c(c1)C(N1CCCC(C(=O)O)C1)CN2C. The second kappa shape index (κ2) is 5.56. The highest BCUT2D eigenvalue weighted by Crippen LogP contribution is 2.40. The first-order valence-corrected chi connectivity index (χ1v) is 7.46. The van der Waals surface area contributed by atoms with Crippen molar-refractivity contribution in [3.8, 4) is 5.75 Å². The van der Waals surface area contributed by atoms with Crippen molar-refractivity contribution >= 4 is 11.7 Å². The molecule has 5 heteroatoms. The van der Waals surface area contributed by atoms with Crippen LogP contribution in [-0.2, 0) is 4.79 Å². The van der Waals surface area contributed by atoms with Crippen LogP contribution >= 0.6 is 0 Å². The first-order valence-electron chi connectivity index (χ1n) is 7.46. The van der Waals surface area contributed by atoms with Crippen molar-refractivity contribution in [2.75, 3.05) is 38.7 Å². The zero-order chi connectivity index (χ0) is 15.0. The molecule has 2 aliphatic rings. The number of hydrogen-bond donors (Lipinski definition) is 1. The van der Waals surface area contributed by atoms with Gasteiger partial charge in [-0.15, -0.1) is 0 Å². The van der Waals surface area contributed by atoms with E-state index >= 15 is 0 Å². The Hall–Kier alpha value is -1.75. The first-order chi connectivity index (χ1) is 10.1. The molecule has 21 heavy (non-hydrogen) atoms. The summed E-state index contributed by atoms with van der Waals surface area (Å²) in [6.45, 7) is 2.53. The van der Waals surface area contributed by atoms with Gasteiger partial charge in [0, 0.05) is 25.8 Å². The normalized spacial score (nSPS) is 25.7. The smallest absolute Gasteiger partial charge is 0.307 e. The topological polar surface area (TPSA) is 53.0 Å². The van der Waals surface area contributed by atoms with Gasteiger partial charge in [-0.05, 0) is 43.1 Å². The Morgan fingerprint density at radius 1 is 1.38 bits per heavy atom. The minimum Gasteiger partial charge on any atom is -0.497 e. The number of likely N-dealkylation sites (N-methyl/N-ethyl adjacent to an activating group) is 1. The van der Waals surface area contributed by atoms with Crippen LogP contribution in [0.5, 0.6) is 5.75 Å². The molecular weight excluding hydrogens is 268 g/mol. The molecule has 2 heterocycles. The van der Waals surface area contributed by atoms with Crippen LogP contribution in [0.15, 0.2) is 18.2 Å². The molecular formula is C16H22N2O3. The molecule has 0 radical (unpaired) electrons. The molecule has 0 aliphatic carbocycles. The largest absolute Gasteiger partial charge is 0.497 e. The molecule has 1 aromatic rings. The third kappa shape index (κ3) is 2.58. The van der Waals surface area contributed by atoms with Crippen LogP contribution in [0.4, 0.5) is 5.69 Å². The van der Waals surface area contributed by atoms with Gasteiger partial charge in [0.15, 0.2) is 0 Å². The highest BCUT2D eigenvalue weighted by Gasteiger charge is 2.35. The van der Waals surface area contributed by atoms with E-state index < -0.39 is 5.97 Å². The summed E-state index contributed by atoms with van der Waals surface area (Å²) in [5.41, 5.74) is 2.47. The fourth-order valence-corrected chi connectivity index (χ4v) is 3.53. The van der Waals surface area contributed by atoms with Crippen LogP contribution in [0.3, 0.4) is 0 Å². The monoisotopic (exact) mass is 290 g/mol. The molecule has 1 aromatic carbocycles. The molecule has 3 rings (SSSR count). The van der Waals surface area contributed by atoms with E-state index in [2.05, 4.69) is 29.0 Å². The third-order valence-electron chi connectivity index (χ3n) is 4.69. The number of carboxylic acids is 1. The number of anilines is 1. The van der Waals surface area contributed by atoms with Gasteiger partial charge in [0.25, 0.3) is 0 Å². The van der Waals surface area contributed by atoms with Gasteiger partial charge in [-0.3, -0.25) is 9.69 Å². The number of rotatable bonds is 3. The van der Waals surface area contributed by atoms with Gasteiger partial charge in [0.05, 0.1) is 19.1 Å². The summed E-state index contributed by atoms with van der Waals surface area (Å²) in [4.78, 5) is 15.8. The summed E-state index contributed by atoms with van der Waals surface area (Å²) in [6, 6.07) is 6.43. The van der Waals surface area contributed by atoms with Crippen molar-refractivity contribution in [1.82, 2.24) is 4.90 Å². The molecule has 5 nitrogen and oxygen atoms in total. The van der Waals surface area contributed by atoms with Crippen LogP contribution in [-0.4, -0.2) is 49.8 Å². The molecule has 0 saturated carbocycles. The molecule has 114 valence electrons. The van der Waals surface area contributed by atoms with Crippen molar-refractivity contribution in [2.24, 2.45) is 5.92 Å².